The first kappa shape index (κ1) is 21.2. The Morgan fingerprint density at radius 3 is 2.50 bits per heavy atom. The van der Waals surface area contributed by atoms with E-state index in [4.69, 9.17) is 0 Å². The van der Waals surface area contributed by atoms with Crippen molar-refractivity contribution < 1.29 is 13.3 Å². The van der Waals surface area contributed by atoms with Gasteiger partial charge in [-0.3, -0.25) is 14.4 Å². The number of nitrogens with zero attached hydrogens (tertiary/aromatic N) is 5. The molecule has 0 bridgehead atoms. The van der Waals surface area contributed by atoms with Crippen LogP contribution in [0, 0.1) is 10.1 Å². The molecule has 3 aromatic rings. The van der Waals surface area contributed by atoms with Gasteiger partial charge < -0.3 is 9.88 Å². The Balaban J connectivity index is 1.98. The first-order chi connectivity index (χ1) is 14.3. The molecule has 30 heavy (non-hydrogen) atoms. The maximum Gasteiger partial charge on any atom is 0.293 e. The molecule has 0 amide bonds. The normalized spacial score (nSPS) is 12.4. The predicted octanol–water partition coefficient (Wildman–Crippen LogP) is 3.11. The average molecular weight is 430 g/mol. The molecular formula is C19H22N6O4S. The van der Waals surface area contributed by atoms with Gasteiger partial charge in [0.15, 0.2) is 5.82 Å². The highest BCUT2D eigenvalue weighted by Crippen LogP contribution is 2.32. The van der Waals surface area contributed by atoms with Gasteiger partial charge in [-0.25, -0.2) is 8.42 Å². The van der Waals surface area contributed by atoms with E-state index < -0.39 is 14.9 Å². The number of aromatic nitrogens is 3. The van der Waals surface area contributed by atoms with Crippen molar-refractivity contribution in [3.63, 3.8) is 0 Å². The number of benzene rings is 2. The second-order valence-corrected chi connectivity index (χ2v) is 8.47. The molecule has 0 spiro atoms. The number of para-hydroxylation sites is 1. The van der Waals surface area contributed by atoms with Crippen molar-refractivity contribution >= 4 is 27.1 Å². The summed E-state index contributed by atoms with van der Waals surface area (Å²) in [5.74, 6) is 0.585. The SMILES string of the molecule is CCN(c1ccccc1)S(=O)(=O)c1ccc(NC(C)c2nncn2C)c([N+](=O)[O-])c1. The molecule has 0 aliphatic rings. The highest BCUT2D eigenvalue weighted by Gasteiger charge is 2.27. The summed E-state index contributed by atoms with van der Waals surface area (Å²) < 4.78 is 29.2. The Labute approximate surface area is 174 Å². The van der Waals surface area contributed by atoms with Gasteiger partial charge in [0.1, 0.15) is 12.0 Å². The number of nitro groups is 1. The van der Waals surface area contributed by atoms with Crippen molar-refractivity contribution in [1.29, 1.82) is 0 Å². The largest absolute Gasteiger partial charge is 0.370 e. The number of nitrogens with one attached hydrogen (secondary N) is 1. The average Bonchev–Trinajstić information content (AvgIpc) is 3.15. The molecule has 0 fully saturated rings. The van der Waals surface area contributed by atoms with Crippen LogP contribution in [0.25, 0.3) is 0 Å². The van der Waals surface area contributed by atoms with E-state index in [1.165, 1.54) is 22.8 Å². The van der Waals surface area contributed by atoms with Gasteiger partial charge >= 0.3 is 0 Å². The summed E-state index contributed by atoms with van der Waals surface area (Å²) in [5.41, 5.74) is 0.340. The lowest BCUT2D eigenvalue weighted by Crippen LogP contribution is -2.30. The minimum Gasteiger partial charge on any atom is -0.370 e. The predicted molar refractivity (Wildman–Crippen MR) is 113 cm³/mol. The fourth-order valence-corrected chi connectivity index (χ4v) is 4.63. The fourth-order valence-electron chi connectivity index (χ4n) is 3.14. The lowest BCUT2D eigenvalue weighted by Gasteiger charge is -2.23. The van der Waals surface area contributed by atoms with Crippen LogP contribution in [0.3, 0.4) is 0 Å². The second kappa shape index (κ2) is 8.49. The van der Waals surface area contributed by atoms with Gasteiger partial charge in [0.05, 0.1) is 21.5 Å². The second-order valence-electron chi connectivity index (χ2n) is 6.61. The van der Waals surface area contributed by atoms with Gasteiger partial charge in [0.25, 0.3) is 15.7 Å². The number of rotatable bonds is 8. The van der Waals surface area contributed by atoms with Gasteiger partial charge in [-0.2, -0.15) is 0 Å². The zero-order chi connectivity index (χ0) is 21.9. The van der Waals surface area contributed by atoms with E-state index in [-0.39, 0.29) is 28.9 Å². The molecule has 10 nitrogen and oxygen atoms in total. The van der Waals surface area contributed by atoms with Crippen LogP contribution in [-0.2, 0) is 17.1 Å². The van der Waals surface area contributed by atoms with Crippen LogP contribution in [0.15, 0.2) is 59.8 Å². The van der Waals surface area contributed by atoms with Crippen LogP contribution in [0.2, 0.25) is 0 Å². The molecule has 0 aliphatic carbocycles. The van der Waals surface area contributed by atoms with E-state index >= 15 is 0 Å². The molecule has 1 atom stereocenters. The summed E-state index contributed by atoms with van der Waals surface area (Å²) in [6, 6.07) is 12.1. The van der Waals surface area contributed by atoms with Crippen molar-refractivity contribution in [3.8, 4) is 0 Å². The Morgan fingerprint density at radius 2 is 1.93 bits per heavy atom. The molecule has 0 radical (unpaired) electrons. The number of aryl methyl sites for hydroxylation is 1. The van der Waals surface area contributed by atoms with E-state index in [0.29, 0.717) is 11.5 Å². The molecule has 3 rings (SSSR count). The third kappa shape index (κ3) is 4.10. The molecular weight excluding hydrogens is 408 g/mol. The number of anilines is 2. The Morgan fingerprint density at radius 1 is 1.23 bits per heavy atom. The van der Waals surface area contributed by atoms with Crippen molar-refractivity contribution in [1.82, 2.24) is 14.8 Å². The molecule has 1 N–H and O–H groups in total. The van der Waals surface area contributed by atoms with E-state index in [1.807, 2.05) is 0 Å². The van der Waals surface area contributed by atoms with Crippen LogP contribution in [0.4, 0.5) is 17.1 Å². The molecule has 1 aromatic heterocycles. The third-order valence-electron chi connectivity index (χ3n) is 4.59. The van der Waals surface area contributed by atoms with Crippen LogP contribution in [0.5, 0.6) is 0 Å². The molecule has 0 aliphatic heterocycles. The van der Waals surface area contributed by atoms with E-state index in [9.17, 15) is 18.5 Å². The molecule has 11 heteroatoms. The Kier molecular flexibility index (Phi) is 6.01. The molecule has 2 aromatic carbocycles. The Bertz CT molecular complexity index is 1150. The van der Waals surface area contributed by atoms with Crippen LogP contribution >= 0.6 is 0 Å². The molecule has 1 unspecified atom stereocenters. The number of hydrogen-bond donors (Lipinski definition) is 1. The van der Waals surface area contributed by atoms with Gasteiger partial charge in [0, 0.05) is 19.7 Å². The number of nitro benzene ring substituents is 1. The number of sulfonamides is 1. The van der Waals surface area contributed by atoms with E-state index in [1.54, 1.807) is 55.8 Å². The van der Waals surface area contributed by atoms with Crippen LogP contribution in [0.1, 0.15) is 25.7 Å². The third-order valence-corrected chi connectivity index (χ3v) is 6.49. The standard InChI is InChI=1S/C19H22N6O4S/c1-4-24(15-8-6-5-7-9-15)30(28,29)16-10-11-17(18(12-16)25(26)27)21-14(2)19-22-20-13-23(19)3/h5-14,21H,4H2,1-3H3. The monoisotopic (exact) mass is 430 g/mol. The smallest absolute Gasteiger partial charge is 0.293 e. The van der Waals surface area contributed by atoms with Crippen molar-refractivity contribution in [2.24, 2.45) is 7.05 Å². The fraction of sp³-hybridized carbons (Fsp3) is 0.263. The summed E-state index contributed by atoms with van der Waals surface area (Å²) in [4.78, 5) is 10.9. The van der Waals surface area contributed by atoms with Gasteiger partial charge in [-0.05, 0) is 38.1 Å². The maximum atomic E-state index is 13.2. The van der Waals surface area contributed by atoms with Crippen molar-refractivity contribution in [3.05, 3.63) is 70.8 Å². The van der Waals surface area contributed by atoms with E-state index in [2.05, 4.69) is 15.5 Å². The summed E-state index contributed by atoms with van der Waals surface area (Å²) in [7, 11) is -2.22. The van der Waals surface area contributed by atoms with Gasteiger partial charge in [-0.1, -0.05) is 18.2 Å². The van der Waals surface area contributed by atoms with Gasteiger partial charge in [0.2, 0.25) is 0 Å². The minimum absolute atomic E-state index is 0.156. The zero-order valence-corrected chi connectivity index (χ0v) is 17.6. The summed E-state index contributed by atoms with van der Waals surface area (Å²) in [5, 5.41) is 22.5. The highest BCUT2D eigenvalue weighted by atomic mass is 32.2. The van der Waals surface area contributed by atoms with Gasteiger partial charge in [-0.15, -0.1) is 10.2 Å². The molecule has 0 saturated heterocycles. The highest BCUT2D eigenvalue weighted by molar-refractivity contribution is 7.92. The van der Waals surface area contributed by atoms with Crippen molar-refractivity contribution in [2.45, 2.75) is 24.8 Å². The summed E-state index contributed by atoms with van der Waals surface area (Å²) in [6.07, 6.45) is 1.53. The quantitative estimate of drug-likeness (QED) is 0.430. The number of hydrogen-bond acceptors (Lipinski definition) is 7. The Hall–Kier alpha value is -3.47. The molecule has 158 valence electrons. The summed E-state index contributed by atoms with van der Waals surface area (Å²) >= 11 is 0. The lowest BCUT2D eigenvalue weighted by atomic mass is 10.2. The van der Waals surface area contributed by atoms with E-state index in [0.717, 1.165) is 6.07 Å². The minimum atomic E-state index is -3.98. The summed E-state index contributed by atoms with van der Waals surface area (Å²) in [6.45, 7) is 3.67. The first-order valence-corrected chi connectivity index (χ1v) is 10.7. The zero-order valence-electron chi connectivity index (χ0n) is 16.8. The van der Waals surface area contributed by atoms with Crippen LogP contribution in [-0.4, -0.2) is 34.7 Å². The van der Waals surface area contributed by atoms with Crippen LogP contribution < -0.4 is 9.62 Å². The first-order valence-electron chi connectivity index (χ1n) is 9.22. The topological polar surface area (TPSA) is 123 Å². The maximum absolute atomic E-state index is 13.2. The molecule has 0 saturated carbocycles. The molecule has 1 heterocycles. The lowest BCUT2D eigenvalue weighted by molar-refractivity contribution is -0.384. The van der Waals surface area contributed by atoms with Crippen molar-refractivity contribution in [2.75, 3.05) is 16.2 Å².